The molecule has 30 heavy (non-hydrogen) atoms. The minimum atomic E-state index is -1.02. The van der Waals surface area contributed by atoms with Crippen molar-refractivity contribution in [2.24, 2.45) is 16.7 Å². The Balaban J connectivity index is 1.44. The summed E-state index contributed by atoms with van der Waals surface area (Å²) in [5.41, 5.74) is 1.12. The van der Waals surface area contributed by atoms with Gasteiger partial charge in [-0.15, -0.1) is 10.2 Å². The Kier molecular flexibility index (Phi) is 4.04. The van der Waals surface area contributed by atoms with Gasteiger partial charge in [0.25, 0.3) is 0 Å². The number of aromatic nitrogens is 4. The van der Waals surface area contributed by atoms with Crippen molar-refractivity contribution in [3.8, 4) is 17.1 Å². The van der Waals surface area contributed by atoms with Gasteiger partial charge in [0.15, 0.2) is 5.82 Å². The third-order valence-corrected chi connectivity index (χ3v) is 6.65. The van der Waals surface area contributed by atoms with Gasteiger partial charge in [-0.2, -0.15) is 0 Å². The van der Waals surface area contributed by atoms with E-state index in [9.17, 15) is 5.11 Å². The molecule has 3 aromatic rings. The van der Waals surface area contributed by atoms with Crippen LogP contribution in [0.15, 0.2) is 55.5 Å². The summed E-state index contributed by atoms with van der Waals surface area (Å²) in [7, 11) is 0. The standard InChI is InChI=1S/C24H23FN4O/c1-14(18-10-23(2)5-6-24(3,13-23)21(18)25)19-12-27-22(29-28-19)17-8-15-4-7-26-11-16(15)9-20(17)30/h4-9,11-12,18,21,30H,1,10,13H2,2-3H3/t18-,21-,23+,24+/m1/s1. The number of rotatable bonds is 3. The second-order valence-corrected chi connectivity index (χ2v) is 9.17. The number of fused-ring (bicyclic) bond motifs is 3. The molecule has 2 heterocycles. The topological polar surface area (TPSA) is 71.8 Å². The molecule has 4 atom stereocenters. The highest BCUT2D eigenvalue weighted by Crippen LogP contribution is 2.58. The zero-order chi connectivity index (χ0) is 21.1. The number of alkyl halides is 1. The lowest BCUT2D eigenvalue weighted by molar-refractivity contribution is 0.0453. The van der Waals surface area contributed by atoms with E-state index in [0.29, 0.717) is 29.1 Å². The number of aromatic hydroxyl groups is 1. The Hall–Kier alpha value is -3.15. The molecule has 0 aliphatic heterocycles. The van der Waals surface area contributed by atoms with Crippen LogP contribution in [0.2, 0.25) is 0 Å². The van der Waals surface area contributed by atoms with E-state index < -0.39 is 11.6 Å². The first kappa shape index (κ1) is 18.9. The van der Waals surface area contributed by atoms with E-state index in [1.807, 2.05) is 25.1 Å². The van der Waals surface area contributed by atoms with Crippen LogP contribution in [0.5, 0.6) is 5.75 Å². The van der Waals surface area contributed by atoms with Gasteiger partial charge in [-0.3, -0.25) is 4.98 Å². The van der Waals surface area contributed by atoms with Crippen molar-refractivity contribution in [3.63, 3.8) is 0 Å². The van der Waals surface area contributed by atoms with Gasteiger partial charge in [-0.1, -0.05) is 32.6 Å². The van der Waals surface area contributed by atoms with Crippen molar-refractivity contribution >= 4 is 16.3 Å². The zero-order valence-corrected chi connectivity index (χ0v) is 17.0. The molecule has 152 valence electrons. The SMILES string of the molecule is C=C(c1cnc(-c2cc3ccncc3cc2O)nn1)[C@H]1C[C@]2(C)C=C[C@@](C)(C2)[C@@H]1F. The molecule has 0 radical (unpaired) electrons. The number of allylic oxidation sites excluding steroid dienone is 3. The molecule has 0 saturated heterocycles. The smallest absolute Gasteiger partial charge is 0.185 e. The third-order valence-electron chi connectivity index (χ3n) is 6.65. The maximum atomic E-state index is 15.4. The van der Waals surface area contributed by atoms with E-state index in [-0.39, 0.29) is 17.1 Å². The number of benzene rings is 1. The molecule has 2 bridgehead atoms. The average molecular weight is 402 g/mol. The number of phenols is 1. The Bertz CT molecular complexity index is 1190. The van der Waals surface area contributed by atoms with Crippen LogP contribution in [-0.2, 0) is 0 Å². The molecule has 0 unspecified atom stereocenters. The molecule has 2 aliphatic carbocycles. The highest BCUT2D eigenvalue weighted by atomic mass is 19.1. The summed E-state index contributed by atoms with van der Waals surface area (Å²) in [6.45, 7) is 8.30. The van der Waals surface area contributed by atoms with Gasteiger partial charge < -0.3 is 5.11 Å². The molecular weight excluding hydrogens is 379 g/mol. The summed E-state index contributed by atoms with van der Waals surface area (Å²) in [6, 6.07) is 5.30. The summed E-state index contributed by atoms with van der Waals surface area (Å²) < 4.78 is 15.4. The molecule has 0 spiro atoms. The van der Waals surface area contributed by atoms with Crippen LogP contribution < -0.4 is 0 Å². The van der Waals surface area contributed by atoms with Crippen molar-refractivity contribution in [1.82, 2.24) is 20.2 Å². The number of pyridine rings is 1. The fourth-order valence-electron chi connectivity index (χ4n) is 5.11. The normalized spacial score (nSPS) is 30.0. The Morgan fingerprint density at radius 2 is 2.00 bits per heavy atom. The highest BCUT2D eigenvalue weighted by Gasteiger charge is 2.53. The fourth-order valence-corrected chi connectivity index (χ4v) is 5.11. The molecule has 1 N–H and O–H groups in total. The Morgan fingerprint density at radius 3 is 2.77 bits per heavy atom. The molecule has 2 aromatic heterocycles. The summed E-state index contributed by atoms with van der Waals surface area (Å²) >= 11 is 0. The fraction of sp³-hybridized carbons (Fsp3) is 0.333. The number of nitrogens with zero attached hydrogens (tertiary/aromatic N) is 4. The summed E-state index contributed by atoms with van der Waals surface area (Å²) in [4.78, 5) is 8.46. The third kappa shape index (κ3) is 2.90. The predicted octanol–water partition coefficient (Wildman–Crippen LogP) is 5.14. The molecule has 0 amide bonds. The van der Waals surface area contributed by atoms with E-state index >= 15 is 4.39 Å². The van der Waals surface area contributed by atoms with Crippen LogP contribution in [-0.4, -0.2) is 31.4 Å². The first-order chi connectivity index (χ1) is 14.3. The van der Waals surface area contributed by atoms with Crippen molar-refractivity contribution in [2.75, 3.05) is 0 Å². The number of halogens is 1. The van der Waals surface area contributed by atoms with Gasteiger partial charge in [-0.25, -0.2) is 9.37 Å². The largest absolute Gasteiger partial charge is 0.507 e. The van der Waals surface area contributed by atoms with E-state index in [2.05, 4.69) is 39.7 Å². The van der Waals surface area contributed by atoms with Crippen LogP contribution in [0.4, 0.5) is 4.39 Å². The Morgan fingerprint density at radius 1 is 1.17 bits per heavy atom. The monoisotopic (exact) mass is 402 g/mol. The van der Waals surface area contributed by atoms with E-state index in [1.165, 1.54) is 0 Å². The number of hydrogen-bond acceptors (Lipinski definition) is 5. The minimum Gasteiger partial charge on any atom is -0.507 e. The molecule has 1 aromatic carbocycles. The lowest BCUT2D eigenvalue weighted by Gasteiger charge is -2.44. The molecular formula is C24H23FN4O. The molecule has 5 nitrogen and oxygen atoms in total. The molecule has 2 aliphatic rings. The lowest BCUT2D eigenvalue weighted by Crippen LogP contribution is -2.41. The van der Waals surface area contributed by atoms with Gasteiger partial charge in [0.2, 0.25) is 0 Å². The quantitative estimate of drug-likeness (QED) is 0.615. The summed E-state index contributed by atoms with van der Waals surface area (Å²) in [6.07, 6.45) is 9.63. The number of phenolic OH excluding ortho intramolecular Hbond substituents is 1. The minimum absolute atomic E-state index is 0.0164. The van der Waals surface area contributed by atoms with Crippen LogP contribution in [0.1, 0.15) is 32.4 Å². The van der Waals surface area contributed by atoms with Crippen molar-refractivity contribution in [2.45, 2.75) is 32.9 Å². The Labute approximate surface area is 174 Å². The van der Waals surface area contributed by atoms with Crippen molar-refractivity contribution in [3.05, 3.63) is 61.2 Å². The van der Waals surface area contributed by atoms with E-state index in [1.54, 1.807) is 24.7 Å². The van der Waals surface area contributed by atoms with Gasteiger partial charge in [0.05, 0.1) is 11.8 Å². The molecule has 6 heteroatoms. The zero-order valence-electron chi connectivity index (χ0n) is 17.0. The molecule has 5 rings (SSSR count). The van der Waals surface area contributed by atoms with Crippen LogP contribution >= 0.6 is 0 Å². The van der Waals surface area contributed by atoms with Gasteiger partial charge >= 0.3 is 0 Å². The van der Waals surface area contributed by atoms with Crippen molar-refractivity contribution in [1.29, 1.82) is 0 Å². The second kappa shape index (κ2) is 6.42. The maximum absolute atomic E-state index is 15.4. The van der Waals surface area contributed by atoms with Crippen LogP contribution in [0.25, 0.3) is 27.7 Å². The lowest BCUT2D eigenvalue weighted by atomic mass is 9.62. The number of hydrogen-bond donors (Lipinski definition) is 1. The molecule has 1 fully saturated rings. The summed E-state index contributed by atoms with van der Waals surface area (Å²) in [5, 5.41) is 20.6. The van der Waals surface area contributed by atoms with Crippen molar-refractivity contribution < 1.29 is 9.50 Å². The van der Waals surface area contributed by atoms with Gasteiger partial charge in [0.1, 0.15) is 17.6 Å². The van der Waals surface area contributed by atoms with Crippen LogP contribution in [0, 0.1) is 16.7 Å². The summed E-state index contributed by atoms with van der Waals surface area (Å²) in [5.74, 6) is 0.0413. The first-order valence-corrected chi connectivity index (χ1v) is 10.1. The maximum Gasteiger partial charge on any atom is 0.185 e. The highest BCUT2D eigenvalue weighted by molar-refractivity contribution is 5.88. The average Bonchev–Trinajstić information content (AvgIpc) is 3.02. The predicted molar refractivity (Wildman–Crippen MR) is 114 cm³/mol. The molecule has 1 saturated carbocycles. The second-order valence-electron chi connectivity index (χ2n) is 9.17. The van der Waals surface area contributed by atoms with Crippen LogP contribution in [0.3, 0.4) is 0 Å². The van der Waals surface area contributed by atoms with E-state index in [0.717, 1.165) is 17.2 Å². The van der Waals surface area contributed by atoms with Gasteiger partial charge in [-0.05, 0) is 47.4 Å². The van der Waals surface area contributed by atoms with Gasteiger partial charge in [0, 0.05) is 29.1 Å². The van der Waals surface area contributed by atoms with E-state index in [4.69, 9.17) is 0 Å². The first-order valence-electron chi connectivity index (χ1n) is 10.1.